The van der Waals surface area contributed by atoms with Crippen LogP contribution in [0.15, 0.2) is 46.8 Å². The SMILES string of the molecule is CCn1c(Sc2ccc(C(F)(F)F)nn2)nnc1-c1ccncc1. The molecule has 24 heavy (non-hydrogen) atoms. The molecule has 0 radical (unpaired) electrons. The van der Waals surface area contributed by atoms with Crippen molar-refractivity contribution in [2.24, 2.45) is 0 Å². The number of halogens is 3. The Balaban J connectivity index is 1.87. The molecule has 0 N–H and O–H groups in total. The number of nitrogens with zero attached hydrogens (tertiary/aromatic N) is 6. The van der Waals surface area contributed by atoms with Crippen molar-refractivity contribution in [3.05, 3.63) is 42.4 Å². The molecule has 0 spiro atoms. The first-order valence-electron chi connectivity index (χ1n) is 6.91. The highest BCUT2D eigenvalue weighted by Gasteiger charge is 2.33. The highest BCUT2D eigenvalue weighted by Crippen LogP contribution is 2.30. The van der Waals surface area contributed by atoms with Gasteiger partial charge >= 0.3 is 6.18 Å². The van der Waals surface area contributed by atoms with Crippen molar-refractivity contribution in [2.75, 3.05) is 0 Å². The van der Waals surface area contributed by atoms with Crippen molar-refractivity contribution in [3.8, 4) is 11.4 Å². The van der Waals surface area contributed by atoms with Crippen LogP contribution in [0, 0.1) is 0 Å². The van der Waals surface area contributed by atoms with Gasteiger partial charge < -0.3 is 4.57 Å². The Morgan fingerprint density at radius 2 is 1.75 bits per heavy atom. The molecule has 0 unspecified atom stereocenters. The van der Waals surface area contributed by atoms with Crippen molar-refractivity contribution >= 4 is 11.8 Å². The van der Waals surface area contributed by atoms with Gasteiger partial charge in [0.1, 0.15) is 5.03 Å². The summed E-state index contributed by atoms with van der Waals surface area (Å²) in [5, 5.41) is 15.9. The molecule has 0 aliphatic heterocycles. The van der Waals surface area contributed by atoms with Gasteiger partial charge in [-0.1, -0.05) is 0 Å². The summed E-state index contributed by atoms with van der Waals surface area (Å²) >= 11 is 1.11. The fourth-order valence-electron chi connectivity index (χ4n) is 1.98. The molecule has 6 nitrogen and oxygen atoms in total. The smallest absolute Gasteiger partial charge is 0.302 e. The lowest BCUT2D eigenvalue weighted by Gasteiger charge is -2.07. The number of hydrogen-bond donors (Lipinski definition) is 0. The maximum atomic E-state index is 12.5. The number of rotatable bonds is 4. The van der Waals surface area contributed by atoms with Crippen molar-refractivity contribution in [1.29, 1.82) is 0 Å². The van der Waals surface area contributed by atoms with Gasteiger partial charge in [0, 0.05) is 24.5 Å². The molecule has 0 aliphatic rings. The second-order valence-corrected chi connectivity index (χ2v) is 5.63. The van der Waals surface area contributed by atoms with Crippen molar-refractivity contribution in [2.45, 2.75) is 29.8 Å². The largest absolute Gasteiger partial charge is 0.435 e. The van der Waals surface area contributed by atoms with Crippen molar-refractivity contribution in [1.82, 2.24) is 29.9 Å². The summed E-state index contributed by atoms with van der Waals surface area (Å²) in [6.07, 6.45) is -1.20. The summed E-state index contributed by atoms with van der Waals surface area (Å²) in [6, 6.07) is 5.78. The Kier molecular flexibility index (Phi) is 4.47. The zero-order valence-corrected chi connectivity index (χ0v) is 13.2. The molecule has 3 aromatic heterocycles. The van der Waals surface area contributed by atoms with Crippen molar-refractivity contribution in [3.63, 3.8) is 0 Å². The van der Waals surface area contributed by atoms with Gasteiger partial charge in [-0.2, -0.15) is 13.2 Å². The van der Waals surface area contributed by atoms with E-state index >= 15 is 0 Å². The van der Waals surface area contributed by atoms with Crippen LogP contribution >= 0.6 is 11.8 Å². The summed E-state index contributed by atoms with van der Waals surface area (Å²) in [4.78, 5) is 3.96. The number of pyridine rings is 1. The quantitative estimate of drug-likeness (QED) is 0.717. The minimum atomic E-state index is -4.51. The molecule has 0 aliphatic carbocycles. The van der Waals surface area contributed by atoms with E-state index in [9.17, 15) is 13.2 Å². The first kappa shape index (κ1) is 16.4. The monoisotopic (exact) mass is 352 g/mol. The molecule has 0 aromatic carbocycles. The third-order valence-corrected chi connectivity index (χ3v) is 4.01. The normalized spacial score (nSPS) is 11.7. The first-order valence-corrected chi connectivity index (χ1v) is 7.73. The average Bonchev–Trinajstić information content (AvgIpc) is 2.98. The van der Waals surface area contributed by atoms with Crippen LogP contribution in [0.25, 0.3) is 11.4 Å². The maximum Gasteiger partial charge on any atom is 0.435 e. The zero-order chi connectivity index (χ0) is 17.2. The molecule has 10 heteroatoms. The Labute approximate surface area is 139 Å². The van der Waals surface area contributed by atoms with Crippen LogP contribution in [0.1, 0.15) is 12.6 Å². The minimum absolute atomic E-state index is 0.311. The average molecular weight is 352 g/mol. The summed E-state index contributed by atoms with van der Waals surface area (Å²) in [5.74, 6) is 0.655. The molecule has 0 fully saturated rings. The first-order chi connectivity index (χ1) is 11.5. The second kappa shape index (κ2) is 6.56. The molecule has 0 saturated carbocycles. The van der Waals surface area contributed by atoms with Crippen LogP contribution < -0.4 is 0 Å². The van der Waals surface area contributed by atoms with Gasteiger partial charge in [0.25, 0.3) is 0 Å². The predicted molar refractivity (Wildman–Crippen MR) is 80.1 cm³/mol. The maximum absolute atomic E-state index is 12.5. The number of aromatic nitrogens is 6. The van der Waals surface area contributed by atoms with Gasteiger partial charge in [-0.05, 0) is 43.0 Å². The lowest BCUT2D eigenvalue weighted by Crippen LogP contribution is -2.09. The van der Waals surface area contributed by atoms with Gasteiger partial charge in [-0.25, -0.2) is 0 Å². The molecule has 0 bridgehead atoms. The van der Waals surface area contributed by atoms with Gasteiger partial charge in [-0.3, -0.25) is 4.98 Å². The summed E-state index contributed by atoms with van der Waals surface area (Å²) in [6.45, 7) is 2.53. The van der Waals surface area contributed by atoms with E-state index in [-0.39, 0.29) is 0 Å². The van der Waals surface area contributed by atoms with Crippen LogP contribution in [-0.4, -0.2) is 29.9 Å². The molecule has 0 amide bonds. The highest BCUT2D eigenvalue weighted by molar-refractivity contribution is 7.99. The second-order valence-electron chi connectivity index (χ2n) is 4.64. The third-order valence-electron chi connectivity index (χ3n) is 3.10. The van der Waals surface area contributed by atoms with E-state index < -0.39 is 11.9 Å². The van der Waals surface area contributed by atoms with E-state index in [1.807, 2.05) is 23.6 Å². The summed E-state index contributed by atoms with van der Waals surface area (Å²) < 4.78 is 39.4. The van der Waals surface area contributed by atoms with Crippen molar-refractivity contribution < 1.29 is 13.2 Å². The van der Waals surface area contributed by atoms with Gasteiger partial charge in [0.15, 0.2) is 16.7 Å². The lowest BCUT2D eigenvalue weighted by molar-refractivity contribution is -0.141. The van der Waals surface area contributed by atoms with Crippen LogP contribution in [0.3, 0.4) is 0 Å². The van der Waals surface area contributed by atoms with E-state index in [0.29, 0.717) is 22.6 Å². The van der Waals surface area contributed by atoms with Crippen LogP contribution in [-0.2, 0) is 12.7 Å². The molecular formula is C14H11F3N6S. The minimum Gasteiger partial charge on any atom is -0.302 e. The van der Waals surface area contributed by atoms with Gasteiger partial charge in [0.05, 0.1) is 0 Å². The van der Waals surface area contributed by atoms with E-state index in [2.05, 4.69) is 25.4 Å². The molecule has 3 rings (SSSR count). The van der Waals surface area contributed by atoms with E-state index in [1.54, 1.807) is 12.4 Å². The molecule has 0 saturated heterocycles. The predicted octanol–water partition coefficient (Wildman–Crippen LogP) is 3.32. The van der Waals surface area contributed by atoms with Gasteiger partial charge in [-0.15, -0.1) is 20.4 Å². The lowest BCUT2D eigenvalue weighted by atomic mass is 10.2. The van der Waals surface area contributed by atoms with Crippen LogP contribution in [0.2, 0.25) is 0 Å². The summed E-state index contributed by atoms with van der Waals surface area (Å²) in [7, 11) is 0. The Hall–Kier alpha value is -2.49. The van der Waals surface area contributed by atoms with E-state index in [1.165, 1.54) is 6.07 Å². The topological polar surface area (TPSA) is 69.4 Å². The standard InChI is InChI=1S/C14H11F3N6S/c1-2-23-12(9-5-7-18-8-6-9)21-22-13(23)24-11-4-3-10(19-20-11)14(15,16)17/h3-8H,2H2,1H3. The number of hydrogen-bond acceptors (Lipinski definition) is 6. The molecule has 0 atom stereocenters. The highest BCUT2D eigenvalue weighted by atomic mass is 32.2. The van der Waals surface area contributed by atoms with Crippen LogP contribution in [0.4, 0.5) is 13.2 Å². The third kappa shape index (κ3) is 3.37. The zero-order valence-electron chi connectivity index (χ0n) is 12.4. The van der Waals surface area contributed by atoms with Crippen LogP contribution in [0.5, 0.6) is 0 Å². The fourth-order valence-corrected chi connectivity index (χ4v) is 2.80. The Morgan fingerprint density at radius 3 is 2.33 bits per heavy atom. The van der Waals surface area contributed by atoms with E-state index in [0.717, 1.165) is 23.4 Å². The van der Waals surface area contributed by atoms with Gasteiger partial charge in [0.2, 0.25) is 0 Å². The molecule has 124 valence electrons. The number of alkyl halides is 3. The molecule has 3 heterocycles. The molecular weight excluding hydrogens is 341 g/mol. The molecule has 3 aromatic rings. The fraction of sp³-hybridized carbons (Fsp3) is 0.214. The Morgan fingerprint density at radius 1 is 1.00 bits per heavy atom. The van der Waals surface area contributed by atoms with E-state index in [4.69, 9.17) is 0 Å². The Bertz CT molecular complexity index is 817. The summed E-state index contributed by atoms with van der Waals surface area (Å²) in [5.41, 5.74) is -0.175.